The quantitative estimate of drug-likeness (QED) is 0.391. The molecule has 0 aromatic carbocycles. The largest absolute Gasteiger partial charge is 0.487 e. The fourth-order valence-corrected chi connectivity index (χ4v) is 1.81. The molecular formula is C13H26OS. The van der Waals surface area contributed by atoms with Crippen LogP contribution >= 0.6 is 12.2 Å². The molecule has 0 fully saturated rings. The Balaban J connectivity index is 3.01. The van der Waals surface area contributed by atoms with Crippen LogP contribution in [0.15, 0.2) is 0 Å². The van der Waals surface area contributed by atoms with Gasteiger partial charge in [-0.15, -0.1) is 0 Å². The van der Waals surface area contributed by atoms with E-state index in [2.05, 4.69) is 13.8 Å². The molecule has 1 nitrogen and oxygen atoms in total. The smallest absolute Gasteiger partial charge is 0.159 e. The minimum atomic E-state index is 0.795. The van der Waals surface area contributed by atoms with Crippen molar-refractivity contribution in [3.8, 4) is 0 Å². The van der Waals surface area contributed by atoms with E-state index in [4.69, 9.17) is 17.0 Å². The lowest BCUT2D eigenvalue weighted by Crippen LogP contribution is -2.02. The molecule has 0 saturated heterocycles. The van der Waals surface area contributed by atoms with Crippen molar-refractivity contribution >= 4 is 17.3 Å². The molecule has 0 aliphatic heterocycles. The van der Waals surface area contributed by atoms with Gasteiger partial charge in [0.2, 0.25) is 0 Å². The van der Waals surface area contributed by atoms with Gasteiger partial charge in [-0.3, -0.25) is 0 Å². The third kappa shape index (κ3) is 11.8. The maximum Gasteiger partial charge on any atom is 0.159 e. The highest BCUT2D eigenvalue weighted by molar-refractivity contribution is 7.80. The number of hydrogen-bond donors (Lipinski definition) is 0. The highest BCUT2D eigenvalue weighted by Gasteiger charge is 1.95. The van der Waals surface area contributed by atoms with Gasteiger partial charge in [0, 0.05) is 6.42 Å². The molecule has 0 aromatic rings. The Bertz CT molecular complexity index is 145. The van der Waals surface area contributed by atoms with E-state index >= 15 is 0 Å². The zero-order chi connectivity index (χ0) is 11.4. The van der Waals surface area contributed by atoms with Crippen molar-refractivity contribution in [2.75, 3.05) is 6.61 Å². The average molecular weight is 230 g/mol. The second-order valence-corrected chi connectivity index (χ2v) is 4.55. The van der Waals surface area contributed by atoms with Gasteiger partial charge in [0.1, 0.15) is 0 Å². The maximum atomic E-state index is 5.44. The van der Waals surface area contributed by atoms with E-state index in [9.17, 15) is 0 Å². The lowest BCUT2D eigenvalue weighted by molar-refractivity contribution is 0.291. The molecule has 0 bridgehead atoms. The second-order valence-electron chi connectivity index (χ2n) is 4.09. The molecule has 0 heterocycles. The lowest BCUT2D eigenvalue weighted by Gasteiger charge is -2.06. The fourth-order valence-electron chi connectivity index (χ4n) is 1.52. The summed E-state index contributed by atoms with van der Waals surface area (Å²) in [5.74, 6) is 0. The van der Waals surface area contributed by atoms with Crippen LogP contribution in [-0.2, 0) is 4.74 Å². The Morgan fingerprint density at radius 1 is 0.867 bits per heavy atom. The summed E-state index contributed by atoms with van der Waals surface area (Å²) in [6.45, 7) is 5.21. The maximum absolute atomic E-state index is 5.44. The Morgan fingerprint density at radius 3 is 2.07 bits per heavy atom. The third-order valence-electron chi connectivity index (χ3n) is 2.47. The van der Waals surface area contributed by atoms with Crippen LogP contribution in [0.3, 0.4) is 0 Å². The molecule has 15 heavy (non-hydrogen) atoms. The summed E-state index contributed by atoms with van der Waals surface area (Å²) in [5, 5.41) is 0.795. The summed E-state index contributed by atoms with van der Waals surface area (Å²) in [6, 6.07) is 0. The van der Waals surface area contributed by atoms with Crippen LogP contribution < -0.4 is 0 Å². The van der Waals surface area contributed by atoms with Gasteiger partial charge in [-0.05, 0) is 25.1 Å². The van der Waals surface area contributed by atoms with Crippen LogP contribution in [0.4, 0.5) is 0 Å². The van der Waals surface area contributed by atoms with Crippen molar-refractivity contribution in [2.45, 2.75) is 71.6 Å². The van der Waals surface area contributed by atoms with Crippen LogP contribution in [-0.4, -0.2) is 11.7 Å². The number of unbranched alkanes of at least 4 members (excludes halogenated alkanes) is 6. The van der Waals surface area contributed by atoms with Crippen molar-refractivity contribution < 1.29 is 4.74 Å². The molecule has 0 N–H and O–H groups in total. The van der Waals surface area contributed by atoms with Gasteiger partial charge in [0.25, 0.3) is 0 Å². The van der Waals surface area contributed by atoms with Crippen LogP contribution in [0.2, 0.25) is 0 Å². The molecular weight excluding hydrogens is 204 g/mol. The van der Waals surface area contributed by atoms with Gasteiger partial charge in [-0.25, -0.2) is 0 Å². The fraction of sp³-hybridized carbons (Fsp3) is 0.923. The summed E-state index contributed by atoms with van der Waals surface area (Å²) < 4.78 is 5.44. The SMILES string of the molecule is CCCCCCCCCOC(=S)CCC. The predicted molar refractivity (Wildman–Crippen MR) is 71.5 cm³/mol. The molecule has 2 heteroatoms. The number of rotatable bonds is 10. The summed E-state index contributed by atoms with van der Waals surface area (Å²) in [7, 11) is 0. The molecule has 0 saturated carbocycles. The van der Waals surface area contributed by atoms with Crippen molar-refractivity contribution in [1.82, 2.24) is 0 Å². The Labute approximate surface area is 101 Å². The zero-order valence-electron chi connectivity index (χ0n) is 10.4. The molecule has 0 unspecified atom stereocenters. The van der Waals surface area contributed by atoms with E-state index in [1.807, 2.05) is 0 Å². The van der Waals surface area contributed by atoms with Crippen LogP contribution in [0.5, 0.6) is 0 Å². The summed E-state index contributed by atoms with van der Waals surface area (Å²) in [6.07, 6.45) is 11.3. The molecule has 0 aromatic heterocycles. The molecule has 0 atom stereocenters. The Hall–Kier alpha value is -0.110. The minimum absolute atomic E-state index is 0.795. The average Bonchev–Trinajstić information content (AvgIpc) is 2.22. The molecule has 0 spiro atoms. The highest BCUT2D eigenvalue weighted by atomic mass is 32.1. The number of hydrogen-bond acceptors (Lipinski definition) is 2. The molecule has 0 amide bonds. The van der Waals surface area contributed by atoms with Crippen molar-refractivity contribution in [3.05, 3.63) is 0 Å². The second kappa shape index (κ2) is 12.0. The monoisotopic (exact) mass is 230 g/mol. The first kappa shape index (κ1) is 14.9. The van der Waals surface area contributed by atoms with E-state index in [1.165, 1.54) is 38.5 Å². The van der Waals surface area contributed by atoms with Gasteiger partial charge in [-0.1, -0.05) is 52.4 Å². The van der Waals surface area contributed by atoms with Crippen molar-refractivity contribution in [2.24, 2.45) is 0 Å². The normalized spacial score (nSPS) is 10.3. The molecule has 0 aliphatic carbocycles. The highest BCUT2D eigenvalue weighted by Crippen LogP contribution is 2.07. The lowest BCUT2D eigenvalue weighted by atomic mass is 10.1. The number of ether oxygens (including phenoxy) is 1. The van der Waals surface area contributed by atoms with Gasteiger partial charge in [-0.2, -0.15) is 0 Å². The van der Waals surface area contributed by atoms with E-state index in [0.717, 1.165) is 30.9 Å². The summed E-state index contributed by atoms with van der Waals surface area (Å²) >= 11 is 5.07. The third-order valence-corrected chi connectivity index (χ3v) is 2.79. The van der Waals surface area contributed by atoms with Crippen LogP contribution in [0.25, 0.3) is 0 Å². The zero-order valence-corrected chi connectivity index (χ0v) is 11.2. The van der Waals surface area contributed by atoms with E-state index in [0.29, 0.717) is 0 Å². The van der Waals surface area contributed by atoms with Gasteiger partial charge < -0.3 is 4.74 Å². The standard InChI is InChI=1S/C13H26OS/c1-3-5-6-7-8-9-10-12-14-13(15)11-4-2/h3-12H2,1-2H3. The first-order valence-corrected chi connectivity index (χ1v) is 6.87. The van der Waals surface area contributed by atoms with Crippen molar-refractivity contribution in [3.63, 3.8) is 0 Å². The van der Waals surface area contributed by atoms with E-state index < -0.39 is 0 Å². The van der Waals surface area contributed by atoms with Gasteiger partial charge in [0.05, 0.1) is 6.61 Å². The summed E-state index contributed by atoms with van der Waals surface area (Å²) in [5.41, 5.74) is 0. The van der Waals surface area contributed by atoms with Crippen LogP contribution in [0, 0.1) is 0 Å². The van der Waals surface area contributed by atoms with Crippen molar-refractivity contribution in [1.29, 1.82) is 0 Å². The van der Waals surface area contributed by atoms with Gasteiger partial charge in [0.15, 0.2) is 5.05 Å². The first-order valence-electron chi connectivity index (χ1n) is 6.46. The molecule has 0 rings (SSSR count). The topological polar surface area (TPSA) is 9.23 Å². The van der Waals surface area contributed by atoms with Gasteiger partial charge >= 0.3 is 0 Å². The Morgan fingerprint density at radius 2 is 1.47 bits per heavy atom. The molecule has 0 aliphatic rings. The number of thiocarbonyl (C=S) groups is 1. The predicted octanol–water partition coefficient (Wildman–Crippen LogP) is 4.88. The Kier molecular flexibility index (Phi) is 11.9. The minimum Gasteiger partial charge on any atom is -0.487 e. The van der Waals surface area contributed by atoms with Crippen LogP contribution in [0.1, 0.15) is 71.6 Å². The summed E-state index contributed by atoms with van der Waals surface area (Å²) in [4.78, 5) is 0. The first-order chi connectivity index (χ1) is 7.31. The molecule has 0 radical (unpaired) electrons. The van der Waals surface area contributed by atoms with E-state index in [-0.39, 0.29) is 0 Å². The van der Waals surface area contributed by atoms with E-state index in [1.54, 1.807) is 0 Å². The molecule has 90 valence electrons.